The zero-order valence-electron chi connectivity index (χ0n) is 13.2. The first kappa shape index (κ1) is 14.6. The number of fused-ring (bicyclic) bond motifs is 2. The van der Waals surface area contributed by atoms with E-state index >= 15 is 0 Å². The highest BCUT2D eigenvalue weighted by Crippen LogP contribution is 2.35. The van der Waals surface area contributed by atoms with E-state index in [1.165, 1.54) is 10.4 Å². The van der Waals surface area contributed by atoms with Gasteiger partial charge in [0.15, 0.2) is 0 Å². The molecular formula is C18H18N2O2S. The highest BCUT2D eigenvalue weighted by molar-refractivity contribution is 7.10. The first-order chi connectivity index (χ1) is 11.1. The lowest BCUT2D eigenvalue weighted by atomic mass is 10.0. The zero-order valence-corrected chi connectivity index (χ0v) is 14.0. The molecule has 5 heteroatoms. The number of hydrogen-bond donors (Lipinski definition) is 0. The minimum atomic E-state index is -0.408. The van der Waals surface area contributed by atoms with Gasteiger partial charge in [0, 0.05) is 17.5 Å². The summed E-state index contributed by atoms with van der Waals surface area (Å²) in [7, 11) is 0. The van der Waals surface area contributed by atoms with Crippen molar-refractivity contribution >= 4 is 28.7 Å². The van der Waals surface area contributed by atoms with E-state index in [1.54, 1.807) is 16.2 Å². The molecule has 0 unspecified atom stereocenters. The Kier molecular flexibility index (Phi) is 3.36. The molecule has 0 aliphatic carbocycles. The van der Waals surface area contributed by atoms with Crippen LogP contribution in [0.15, 0.2) is 29.6 Å². The molecule has 0 N–H and O–H groups in total. The standard InChI is InChI=1S/C18H18N2O2S/c1-11-3-4-15-14(9-11)17(21)18(22)20(15)10-19-7-5-16-13(12(19)2)6-8-23-16/h3-4,6,8-9,12H,5,7,10H2,1-2H3/t12-/m1/s1. The van der Waals surface area contributed by atoms with Crippen molar-refractivity contribution in [3.05, 3.63) is 51.2 Å². The Morgan fingerprint density at radius 3 is 2.91 bits per heavy atom. The van der Waals surface area contributed by atoms with Crippen LogP contribution in [0.25, 0.3) is 0 Å². The van der Waals surface area contributed by atoms with Gasteiger partial charge in [-0.1, -0.05) is 11.6 Å². The van der Waals surface area contributed by atoms with Gasteiger partial charge in [-0.15, -0.1) is 11.3 Å². The van der Waals surface area contributed by atoms with Crippen molar-refractivity contribution in [3.63, 3.8) is 0 Å². The number of carbonyl (C=O) groups excluding carboxylic acids is 2. The molecule has 1 aromatic carbocycles. The Morgan fingerprint density at radius 1 is 1.26 bits per heavy atom. The van der Waals surface area contributed by atoms with E-state index in [2.05, 4.69) is 23.3 Å². The molecule has 1 atom stereocenters. The Balaban J connectivity index is 1.63. The summed E-state index contributed by atoms with van der Waals surface area (Å²) in [6, 6.07) is 8.09. The number of amides is 1. The first-order valence-electron chi connectivity index (χ1n) is 7.83. The van der Waals surface area contributed by atoms with Gasteiger partial charge >= 0.3 is 5.91 Å². The molecule has 3 heterocycles. The molecular weight excluding hydrogens is 308 g/mol. The van der Waals surface area contributed by atoms with E-state index < -0.39 is 5.91 Å². The minimum Gasteiger partial charge on any atom is -0.291 e. The average molecular weight is 326 g/mol. The highest BCUT2D eigenvalue weighted by atomic mass is 32.1. The molecule has 4 rings (SSSR count). The van der Waals surface area contributed by atoms with E-state index in [-0.39, 0.29) is 11.8 Å². The third-order valence-corrected chi connectivity index (χ3v) is 5.85. The molecule has 2 aliphatic rings. The monoisotopic (exact) mass is 326 g/mol. The van der Waals surface area contributed by atoms with Gasteiger partial charge in [-0.3, -0.25) is 19.4 Å². The number of Topliss-reactive ketones (excluding diaryl/α,β-unsaturated/α-hetero) is 1. The van der Waals surface area contributed by atoms with Gasteiger partial charge in [0.05, 0.1) is 17.9 Å². The van der Waals surface area contributed by atoms with E-state index in [9.17, 15) is 9.59 Å². The molecule has 2 aliphatic heterocycles. The molecule has 0 spiro atoms. The fourth-order valence-electron chi connectivity index (χ4n) is 3.49. The molecule has 1 aromatic heterocycles. The van der Waals surface area contributed by atoms with Gasteiger partial charge in [0.25, 0.3) is 5.78 Å². The van der Waals surface area contributed by atoms with E-state index in [4.69, 9.17) is 0 Å². The van der Waals surface area contributed by atoms with Crippen LogP contribution in [-0.4, -0.2) is 29.8 Å². The summed E-state index contributed by atoms with van der Waals surface area (Å²) in [6.45, 7) is 5.49. The summed E-state index contributed by atoms with van der Waals surface area (Å²) in [5.74, 6) is -0.793. The van der Waals surface area contributed by atoms with Crippen LogP contribution in [-0.2, 0) is 11.2 Å². The molecule has 118 valence electrons. The summed E-state index contributed by atoms with van der Waals surface area (Å²) in [5.41, 5.74) is 3.63. The lowest BCUT2D eigenvalue weighted by Gasteiger charge is -2.36. The Bertz CT molecular complexity index is 811. The third kappa shape index (κ3) is 2.23. The summed E-state index contributed by atoms with van der Waals surface area (Å²) < 4.78 is 0. The maximum absolute atomic E-state index is 12.4. The van der Waals surface area contributed by atoms with Gasteiger partial charge in [-0.05, 0) is 49.4 Å². The van der Waals surface area contributed by atoms with Crippen molar-refractivity contribution in [3.8, 4) is 0 Å². The van der Waals surface area contributed by atoms with Crippen LogP contribution in [0.5, 0.6) is 0 Å². The van der Waals surface area contributed by atoms with Crippen molar-refractivity contribution in [2.75, 3.05) is 18.1 Å². The molecule has 1 amide bonds. The van der Waals surface area contributed by atoms with Crippen LogP contribution in [0.3, 0.4) is 0 Å². The van der Waals surface area contributed by atoms with Gasteiger partial charge in [-0.25, -0.2) is 0 Å². The van der Waals surface area contributed by atoms with Gasteiger partial charge < -0.3 is 0 Å². The quantitative estimate of drug-likeness (QED) is 0.796. The highest BCUT2D eigenvalue weighted by Gasteiger charge is 2.38. The summed E-state index contributed by atoms with van der Waals surface area (Å²) in [4.78, 5) is 30.0. The summed E-state index contributed by atoms with van der Waals surface area (Å²) >= 11 is 1.80. The van der Waals surface area contributed by atoms with E-state index in [0.717, 1.165) is 24.2 Å². The largest absolute Gasteiger partial charge is 0.300 e. The van der Waals surface area contributed by atoms with E-state index in [1.807, 2.05) is 25.1 Å². The van der Waals surface area contributed by atoms with Crippen LogP contribution in [0.1, 0.15) is 39.3 Å². The number of anilines is 1. The second kappa shape index (κ2) is 5.28. The van der Waals surface area contributed by atoms with Crippen molar-refractivity contribution in [1.82, 2.24) is 4.90 Å². The number of aryl methyl sites for hydroxylation is 1. The predicted octanol–water partition coefficient (Wildman–Crippen LogP) is 3.16. The Hall–Kier alpha value is -1.98. The number of hydrogen-bond acceptors (Lipinski definition) is 4. The molecule has 0 bridgehead atoms. The second-order valence-electron chi connectivity index (χ2n) is 6.26. The Morgan fingerprint density at radius 2 is 2.09 bits per heavy atom. The predicted molar refractivity (Wildman–Crippen MR) is 91.0 cm³/mol. The van der Waals surface area contributed by atoms with Gasteiger partial charge in [-0.2, -0.15) is 0 Å². The van der Waals surface area contributed by atoms with Crippen molar-refractivity contribution in [1.29, 1.82) is 0 Å². The summed E-state index contributed by atoms with van der Waals surface area (Å²) in [5, 5.41) is 2.13. The van der Waals surface area contributed by atoms with Crippen molar-refractivity contribution in [2.45, 2.75) is 26.3 Å². The van der Waals surface area contributed by atoms with Crippen molar-refractivity contribution in [2.24, 2.45) is 0 Å². The molecule has 0 radical (unpaired) electrons. The lowest BCUT2D eigenvalue weighted by molar-refractivity contribution is -0.114. The molecule has 0 fully saturated rings. The maximum Gasteiger partial charge on any atom is 0.300 e. The number of thiophene rings is 1. The van der Waals surface area contributed by atoms with Crippen LogP contribution < -0.4 is 4.90 Å². The van der Waals surface area contributed by atoms with Gasteiger partial charge in [0.1, 0.15) is 0 Å². The van der Waals surface area contributed by atoms with Gasteiger partial charge in [0.2, 0.25) is 0 Å². The first-order valence-corrected chi connectivity index (χ1v) is 8.71. The van der Waals surface area contributed by atoms with Crippen LogP contribution in [0.2, 0.25) is 0 Å². The Labute approximate surface area is 139 Å². The minimum absolute atomic E-state index is 0.266. The van der Waals surface area contributed by atoms with Crippen molar-refractivity contribution < 1.29 is 9.59 Å². The van der Waals surface area contributed by atoms with Crippen LogP contribution in [0.4, 0.5) is 5.69 Å². The molecule has 0 saturated carbocycles. The number of ketones is 1. The number of benzene rings is 1. The smallest absolute Gasteiger partial charge is 0.291 e. The fourth-order valence-corrected chi connectivity index (χ4v) is 4.45. The third-order valence-electron chi connectivity index (χ3n) is 4.85. The topological polar surface area (TPSA) is 40.6 Å². The molecule has 2 aromatic rings. The maximum atomic E-state index is 12.4. The normalized spacial score (nSPS) is 20.8. The average Bonchev–Trinajstić information content (AvgIpc) is 3.10. The molecule has 0 saturated heterocycles. The SMILES string of the molecule is Cc1ccc2c(c1)C(=O)C(=O)N2CN1CCc2sccc2[C@H]1C. The zero-order chi connectivity index (χ0) is 16.1. The molecule has 4 nitrogen and oxygen atoms in total. The summed E-state index contributed by atoms with van der Waals surface area (Å²) in [6.07, 6.45) is 1.01. The number of nitrogens with zero attached hydrogens (tertiary/aromatic N) is 2. The number of rotatable bonds is 2. The second-order valence-corrected chi connectivity index (χ2v) is 7.26. The lowest BCUT2D eigenvalue weighted by Crippen LogP contribution is -2.44. The van der Waals surface area contributed by atoms with Crippen LogP contribution >= 0.6 is 11.3 Å². The number of carbonyl (C=O) groups is 2. The van der Waals surface area contributed by atoms with E-state index in [0.29, 0.717) is 12.2 Å². The van der Waals surface area contributed by atoms with Crippen LogP contribution in [0, 0.1) is 6.92 Å². The fraction of sp³-hybridized carbons (Fsp3) is 0.333. The molecule has 23 heavy (non-hydrogen) atoms.